The number of aromatic amines is 1. The van der Waals surface area contributed by atoms with Crippen LogP contribution in [0.1, 0.15) is 38.4 Å². The molecule has 0 unspecified atom stereocenters. The molecule has 0 aliphatic carbocycles. The highest BCUT2D eigenvalue weighted by Crippen LogP contribution is 2.23. The molecule has 1 aliphatic heterocycles. The summed E-state index contributed by atoms with van der Waals surface area (Å²) in [5.41, 5.74) is 2.37. The van der Waals surface area contributed by atoms with Gasteiger partial charge < -0.3 is 4.90 Å². The molecule has 5 heteroatoms. The van der Waals surface area contributed by atoms with Gasteiger partial charge in [-0.1, -0.05) is 39.0 Å². The van der Waals surface area contributed by atoms with Crippen LogP contribution < -0.4 is 5.56 Å². The van der Waals surface area contributed by atoms with Crippen LogP contribution in [0.5, 0.6) is 0 Å². The van der Waals surface area contributed by atoms with Crippen LogP contribution in [0.25, 0.3) is 5.69 Å². The molecule has 0 fully saturated rings. The van der Waals surface area contributed by atoms with Crippen LogP contribution in [-0.2, 0) is 17.8 Å². The summed E-state index contributed by atoms with van der Waals surface area (Å²) >= 11 is 0. The van der Waals surface area contributed by atoms with Crippen molar-refractivity contribution in [1.82, 2.24) is 14.7 Å². The number of benzene rings is 1. The summed E-state index contributed by atoms with van der Waals surface area (Å²) in [6.45, 7) is 7.23. The molecular formula is C18H23N3O2. The number of amides is 1. The third kappa shape index (κ3) is 3.23. The number of H-pyrrole nitrogens is 1. The second kappa shape index (κ2) is 5.72. The highest BCUT2D eigenvalue weighted by Gasteiger charge is 2.28. The van der Waals surface area contributed by atoms with Crippen molar-refractivity contribution < 1.29 is 4.79 Å². The van der Waals surface area contributed by atoms with Gasteiger partial charge in [0.15, 0.2) is 0 Å². The number of rotatable bonds is 2. The molecule has 3 rings (SSSR count). The van der Waals surface area contributed by atoms with Gasteiger partial charge in [-0.15, -0.1) is 0 Å². The monoisotopic (exact) mass is 313 g/mol. The fourth-order valence-corrected chi connectivity index (χ4v) is 2.94. The molecule has 1 aromatic carbocycles. The van der Waals surface area contributed by atoms with Gasteiger partial charge in [0.1, 0.15) is 0 Å². The summed E-state index contributed by atoms with van der Waals surface area (Å²) in [7, 11) is 0. The number of aromatic nitrogens is 2. The van der Waals surface area contributed by atoms with Gasteiger partial charge in [0, 0.05) is 25.1 Å². The second-order valence-corrected chi connectivity index (χ2v) is 7.35. The van der Waals surface area contributed by atoms with Gasteiger partial charge in [0.05, 0.1) is 17.8 Å². The van der Waals surface area contributed by atoms with E-state index >= 15 is 0 Å². The Balaban J connectivity index is 1.86. The van der Waals surface area contributed by atoms with Crippen molar-refractivity contribution in [3.05, 3.63) is 51.9 Å². The van der Waals surface area contributed by atoms with Crippen LogP contribution in [0.3, 0.4) is 0 Å². The Kier molecular flexibility index (Phi) is 3.88. The zero-order chi connectivity index (χ0) is 16.6. The fourth-order valence-electron chi connectivity index (χ4n) is 2.94. The van der Waals surface area contributed by atoms with E-state index in [9.17, 15) is 9.59 Å². The van der Waals surface area contributed by atoms with Crippen molar-refractivity contribution in [1.29, 1.82) is 0 Å². The molecule has 0 saturated heterocycles. The number of hydrogen-bond donors (Lipinski definition) is 1. The fraction of sp³-hybridized carbons (Fsp3) is 0.444. The first-order valence-electron chi connectivity index (χ1n) is 8.01. The minimum Gasteiger partial charge on any atom is -0.338 e. The molecule has 122 valence electrons. The predicted molar refractivity (Wildman–Crippen MR) is 89.6 cm³/mol. The Morgan fingerprint density at radius 2 is 1.91 bits per heavy atom. The van der Waals surface area contributed by atoms with E-state index < -0.39 is 0 Å². The van der Waals surface area contributed by atoms with E-state index in [1.165, 1.54) is 0 Å². The summed E-state index contributed by atoms with van der Waals surface area (Å²) in [4.78, 5) is 26.9. The Morgan fingerprint density at radius 1 is 1.22 bits per heavy atom. The smallest absolute Gasteiger partial charge is 0.276 e. The van der Waals surface area contributed by atoms with Crippen LogP contribution in [0.4, 0.5) is 0 Å². The third-order valence-electron chi connectivity index (χ3n) is 4.10. The maximum absolute atomic E-state index is 12.7. The zero-order valence-corrected chi connectivity index (χ0v) is 13.9. The lowest BCUT2D eigenvalue weighted by molar-refractivity contribution is -0.134. The normalized spacial score (nSPS) is 14.7. The lowest BCUT2D eigenvalue weighted by atomic mass is 9.91. The summed E-state index contributed by atoms with van der Waals surface area (Å²) in [5, 5.41) is 3.19. The van der Waals surface area contributed by atoms with Gasteiger partial charge in [0.2, 0.25) is 5.91 Å². The van der Waals surface area contributed by atoms with Gasteiger partial charge in [0.25, 0.3) is 5.56 Å². The predicted octanol–water partition coefficient (Wildman–Crippen LogP) is 2.49. The highest BCUT2D eigenvalue weighted by molar-refractivity contribution is 5.77. The zero-order valence-electron chi connectivity index (χ0n) is 13.9. The van der Waals surface area contributed by atoms with E-state index in [0.717, 1.165) is 11.4 Å². The minimum atomic E-state index is -0.0561. The minimum absolute atomic E-state index is 0.0419. The van der Waals surface area contributed by atoms with Crippen molar-refractivity contribution in [2.45, 2.75) is 40.2 Å². The summed E-state index contributed by atoms with van der Waals surface area (Å²) < 4.78 is 1.57. The van der Waals surface area contributed by atoms with Gasteiger partial charge in [-0.25, -0.2) is 4.68 Å². The van der Waals surface area contributed by atoms with E-state index in [4.69, 9.17) is 0 Å². The van der Waals surface area contributed by atoms with E-state index in [1.807, 2.05) is 30.3 Å². The van der Waals surface area contributed by atoms with Crippen LogP contribution in [0, 0.1) is 5.41 Å². The molecule has 23 heavy (non-hydrogen) atoms. The number of nitrogens with one attached hydrogen (secondary N) is 1. The molecule has 0 radical (unpaired) electrons. The maximum atomic E-state index is 12.7. The first-order valence-corrected chi connectivity index (χ1v) is 8.01. The molecule has 1 amide bonds. The third-order valence-corrected chi connectivity index (χ3v) is 4.10. The molecule has 1 aliphatic rings. The van der Waals surface area contributed by atoms with Crippen molar-refractivity contribution in [3.63, 3.8) is 0 Å². The van der Waals surface area contributed by atoms with Crippen molar-refractivity contribution >= 4 is 5.91 Å². The van der Waals surface area contributed by atoms with E-state index in [-0.39, 0.29) is 16.9 Å². The molecule has 0 saturated carbocycles. The Bertz CT molecular complexity index is 766. The Hall–Kier alpha value is -2.30. The molecule has 1 N–H and O–H groups in total. The highest BCUT2D eigenvalue weighted by atomic mass is 16.2. The first-order chi connectivity index (χ1) is 10.8. The molecule has 1 aromatic heterocycles. The van der Waals surface area contributed by atoms with Crippen LogP contribution in [0.15, 0.2) is 35.1 Å². The number of fused-ring (bicyclic) bond motifs is 1. The number of nitrogens with zero attached hydrogens (tertiary/aromatic N) is 2. The lowest BCUT2D eigenvalue weighted by Gasteiger charge is -2.29. The standard InChI is InChI=1S/C18H23N3O2/c1-18(2,3)11-16(22)20-10-9-15-14(12-20)17(23)21(19-15)13-7-5-4-6-8-13/h4-8,19H,9-12H2,1-3H3. The lowest BCUT2D eigenvalue weighted by Crippen LogP contribution is -2.39. The molecule has 0 atom stereocenters. The Morgan fingerprint density at radius 3 is 2.57 bits per heavy atom. The van der Waals surface area contributed by atoms with E-state index in [0.29, 0.717) is 31.5 Å². The molecular weight excluding hydrogens is 290 g/mol. The van der Waals surface area contributed by atoms with E-state index in [1.54, 1.807) is 9.58 Å². The average molecular weight is 313 g/mol. The summed E-state index contributed by atoms with van der Waals surface area (Å²) in [6.07, 6.45) is 1.19. The van der Waals surface area contributed by atoms with Crippen molar-refractivity contribution in [2.75, 3.05) is 6.54 Å². The van der Waals surface area contributed by atoms with E-state index in [2.05, 4.69) is 25.9 Å². The van der Waals surface area contributed by atoms with Crippen LogP contribution >= 0.6 is 0 Å². The maximum Gasteiger partial charge on any atom is 0.276 e. The van der Waals surface area contributed by atoms with Crippen molar-refractivity contribution in [2.24, 2.45) is 5.41 Å². The molecule has 0 spiro atoms. The van der Waals surface area contributed by atoms with Gasteiger partial charge in [-0.3, -0.25) is 14.7 Å². The topological polar surface area (TPSA) is 58.1 Å². The van der Waals surface area contributed by atoms with Gasteiger partial charge in [-0.05, 0) is 17.5 Å². The molecule has 2 aromatic rings. The first kappa shape index (κ1) is 15.6. The molecule has 0 bridgehead atoms. The van der Waals surface area contributed by atoms with Gasteiger partial charge in [-0.2, -0.15) is 0 Å². The average Bonchev–Trinajstić information content (AvgIpc) is 2.83. The summed E-state index contributed by atoms with van der Waals surface area (Å²) in [6, 6.07) is 9.52. The summed E-state index contributed by atoms with van der Waals surface area (Å²) in [5.74, 6) is 0.120. The number of para-hydroxylation sites is 1. The number of carbonyl (C=O) groups is 1. The van der Waals surface area contributed by atoms with Gasteiger partial charge >= 0.3 is 0 Å². The molecule has 5 nitrogen and oxygen atoms in total. The second-order valence-electron chi connectivity index (χ2n) is 7.35. The molecule has 2 heterocycles. The van der Waals surface area contributed by atoms with Crippen LogP contribution in [0.2, 0.25) is 0 Å². The quantitative estimate of drug-likeness (QED) is 0.926. The number of hydrogen-bond acceptors (Lipinski definition) is 2. The SMILES string of the molecule is CC(C)(C)CC(=O)N1CCc2[nH]n(-c3ccccc3)c(=O)c2C1. The Labute approximate surface area is 135 Å². The number of carbonyl (C=O) groups excluding carboxylic acids is 1. The van der Waals surface area contributed by atoms with Crippen molar-refractivity contribution in [3.8, 4) is 5.69 Å². The largest absolute Gasteiger partial charge is 0.338 e. The van der Waals surface area contributed by atoms with Crippen LogP contribution in [-0.4, -0.2) is 27.1 Å².